The first-order chi connectivity index (χ1) is 11.1. The first kappa shape index (κ1) is 16.7. The van der Waals surface area contributed by atoms with Gasteiger partial charge in [0, 0.05) is 10.2 Å². The molecule has 0 heterocycles. The molecule has 2 amide bonds. The van der Waals surface area contributed by atoms with E-state index in [4.69, 9.17) is 4.74 Å². The number of carbonyl (C=O) groups is 2. The minimum Gasteiger partial charge on any atom is -0.497 e. The van der Waals surface area contributed by atoms with Crippen molar-refractivity contribution in [2.75, 3.05) is 12.4 Å². The molecule has 23 heavy (non-hydrogen) atoms. The van der Waals surface area contributed by atoms with Crippen molar-refractivity contribution in [3.8, 4) is 5.75 Å². The maximum Gasteiger partial charge on any atom is 0.329 e. The molecule has 0 bridgehead atoms. The van der Waals surface area contributed by atoms with Gasteiger partial charge in [0.2, 0.25) is 0 Å². The van der Waals surface area contributed by atoms with E-state index in [9.17, 15) is 9.59 Å². The van der Waals surface area contributed by atoms with Gasteiger partial charge in [-0.15, -0.1) is 0 Å². The summed E-state index contributed by atoms with van der Waals surface area (Å²) in [5.74, 6) is -0.984. The molecule has 0 fully saturated rings. The normalized spacial score (nSPS) is 10.3. The summed E-state index contributed by atoms with van der Waals surface area (Å²) < 4.78 is 5.88. The molecule has 0 saturated heterocycles. The van der Waals surface area contributed by atoms with Crippen LogP contribution in [0.15, 0.2) is 58.1 Å². The van der Waals surface area contributed by atoms with Gasteiger partial charge in [0.1, 0.15) is 5.75 Å². The SMILES string of the molecule is COc1cccc(C=NNC(=O)C(=O)Nc2cccc(Br)c2)c1. The first-order valence-corrected chi connectivity index (χ1v) is 7.42. The van der Waals surface area contributed by atoms with Crippen LogP contribution >= 0.6 is 15.9 Å². The van der Waals surface area contributed by atoms with Gasteiger partial charge in [0.25, 0.3) is 0 Å². The van der Waals surface area contributed by atoms with E-state index in [1.807, 2.05) is 6.07 Å². The Kier molecular flexibility index (Phi) is 5.87. The Labute approximate surface area is 141 Å². The molecule has 2 aromatic carbocycles. The van der Waals surface area contributed by atoms with Gasteiger partial charge >= 0.3 is 11.8 Å². The van der Waals surface area contributed by atoms with Gasteiger partial charge < -0.3 is 10.1 Å². The number of methoxy groups -OCH3 is 1. The van der Waals surface area contributed by atoms with Crippen molar-refractivity contribution in [1.29, 1.82) is 0 Å². The van der Waals surface area contributed by atoms with Crippen LogP contribution in [0.25, 0.3) is 0 Å². The highest BCUT2D eigenvalue weighted by Crippen LogP contribution is 2.15. The molecule has 0 saturated carbocycles. The number of ether oxygens (including phenoxy) is 1. The molecule has 2 rings (SSSR count). The monoisotopic (exact) mass is 375 g/mol. The number of rotatable bonds is 4. The lowest BCUT2D eigenvalue weighted by atomic mass is 10.2. The Bertz CT molecular complexity index is 747. The molecule has 0 unspecified atom stereocenters. The third kappa shape index (κ3) is 5.23. The fourth-order valence-electron chi connectivity index (χ4n) is 1.69. The smallest absolute Gasteiger partial charge is 0.329 e. The average molecular weight is 376 g/mol. The number of hydrogen-bond donors (Lipinski definition) is 2. The number of nitrogens with zero attached hydrogens (tertiary/aromatic N) is 1. The number of halogens is 1. The molecule has 0 aliphatic heterocycles. The summed E-state index contributed by atoms with van der Waals surface area (Å²) in [6.45, 7) is 0. The van der Waals surface area contributed by atoms with E-state index < -0.39 is 11.8 Å². The van der Waals surface area contributed by atoms with Gasteiger partial charge in [0.15, 0.2) is 0 Å². The summed E-state index contributed by atoms with van der Waals surface area (Å²) in [6, 6.07) is 14.0. The van der Waals surface area contributed by atoms with Gasteiger partial charge in [-0.3, -0.25) is 9.59 Å². The van der Waals surface area contributed by atoms with Crippen molar-refractivity contribution in [3.05, 3.63) is 58.6 Å². The second-order valence-electron chi connectivity index (χ2n) is 4.44. The van der Waals surface area contributed by atoms with Crippen molar-refractivity contribution in [1.82, 2.24) is 5.43 Å². The predicted molar refractivity (Wildman–Crippen MR) is 91.5 cm³/mol. The third-order valence-corrected chi connectivity index (χ3v) is 3.26. The number of anilines is 1. The lowest BCUT2D eigenvalue weighted by Crippen LogP contribution is -2.32. The number of nitrogens with one attached hydrogen (secondary N) is 2. The number of benzene rings is 2. The number of amides is 2. The molecule has 0 aliphatic rings. The lowest BCUT2D eigenvalue weighted by molar-refractivity contribution is -0.136. The van der Waals surface area contributed by atoms with Gasteiger partial charge in [-0.2, -0.15) is 5.10 Å². The highest BCUT2D eigenvalue weighted by molar-refractivity contribution is 9.10. The Morgan fingerprint density at radius 3 is 2.65 bits per heavy atom. The minimum atomic E-state index is -0.857. The fourth-order valence-corrected chi connectivity index (χ4v) is 2.09. The van der Waals surface area contributed by atoms with Crippen molar-refractivity contribution in [3.63, 3.8) is 0 Å². The van der Waals surface area contributed by atoms with E-state index in [0.29, 0.717) is 11.4 Å². The summed E-state index contributed by atoms with van der Waals surface area (Å²) in [5.41, 5.74) is 3.41. The zero-order valence-corrected chi connectivity index (χ0v) is 13.8. The predicted octanol–water partition coefficient (Wildman–Crippen LogP) is 2.55. The van der Waals surface area contributed by atoms with Crippen molar-refractivity contribution in [2.45, 2.75) is 0 Å². The zero-order valence-electron chi connectivity index (χ0n) is 12.2. The summed E-state index contributed by atoms with van der Waals surface area (Å²) >= 11 is 3.28. The van der Waals surface area contributed by atoms with Gasteiger partial charge in [-0.25, -0.2) is 5.43 Å². The van der Waals surface area contributed by atoms with Crippen molar-refractivity contribution < 1.29 is 14.3 Å². The average Bonchev–Trinajstić information content (AvgIpc) is 2.55. The molecule has 2 N–H and O–H groups in total. The molecule has 7 heteroatoms. The highest BCUT2D eigenvalue weighted by Gasteiger charge is 2.12. The van der Waals surface area contributed by atoms with Crippen LogP contribution in [0, 0.1) is 0 Å². The van der Waals surface area contributed by atoms with Crippen LogP contribution in [-0.2, 0) is 9.59 Å². The second kappa shape index (κ2) is 8.09. The zero-order chi connectivity index (χ0) is 16.7. The Morgan fingerprint density at radius 1 is 1.13 bits per heavy atom. The molecular weight excluding hydrogens is 362 g/mol. The summed E-state index contributed by atoms with van der Waals surface area (Å²) in [7, 11) is 1.56. The molecule has 118 valence electrons. The Hall–Kier alpha value is -2.67. The molecule has 0 aliphatic carbocycles. The molecule has 2 aromatic rings. The van der Waals surface area contributed by atoms with Crippen LogP contribution in [-0.4, -0.2) is 25.1 Å². The minimum absolute atomic E-state index is 0.510. The Morgan fingerprint density at radius 2 is 1.91 bits per heavy atom. The van der Waals surface area contributed by atoms with E-state index >= 15 is 0 Å². The second-order valence-corrected chi connectivity index (χ2v) is 5.36. The quantitative estimate of drug-likeness (QED) is 0.489. The molecule has 6 nitrogen and oxygen atoms in total. The summed E-state index contributed by atoms with van der Waals surface area (Å²) in [6.07, 6.45) is 1.42. The maximum atomic E-state index is 11.7. The van der Waals surface area contributed by atoms with Crippen LogP contribution in [0.2, 0.25) is 0 Å². The number of hydrazone groups is 1. The first-order valence-electron chi connectivity index (χ1n) is 6.62. The lowest BCUT2D eigenvalue weighted by Gasteiger charge is -2.04. The fraction of sp³-hybridized carbons (Fsp3) is 0.0625. The molecule has 0 radical (unpaired) electrons. The van der Waals surface area contributed by atoms with E-state index in [1.54, 1.807) is 49.6 Å². The maximum absolute atomic E-state index is 11.7. The largest absolute Gasteiger partial charge is 0.497 e. The van der Waals surface area contributed by atoms with Crippen LogP contribution in [0.1, 0.15) is 5.56 Å². The summed E-state index contributed by atoms with van der Waals surface area (Å²) in [4.78, 5) is 23.4. The topological polar surface area (TPSA) is 79.8 Å². The third-order valence-electron chi connectivity index (χ3n) is 2.76. The van der Waals surface area contributed by atoms with Crippen LogP contribution < -0.4 is 15.5 Å². The highest BCUT2D eigenvalue weighted by atomic mass is 79.9. The molecule has 0 aromatic heterocycles. The molecule has 0 atom stereocenters. The van der Waals surface area contributed by atoms with Crippen molar-refractivity contribution in [2.24, 2.45) is 5.10 Å². The van der Waals surface area contributed by atoms with Crippen LogP contribution in [0.5, 0.6) is 5.75 Å². The Balaban J connectivity index is 1.90. The summed E-state index contributed by atoms with van der Waals surface area (Å²) in [5, 5.41) is 6.22. The van der Waals surface area contributed by atoms with Gasteiger partial charge in [-0.1, -0.05) is 34.1 Å². The standard InChI is InChI=1S/C16H14BrN3O3/c1-23-14-7-2-4-11(8-14)10-18-20-16(22)15(21)19-13-6-3-5-12(17)9-13/h2-10H,1H3,(H,19,21)(H,20,22). The van der Waals surface area contributed by atoms with Crippen molar-refractivity contribution >= 4 is 39.6 Å². The number of hydrogen-bond acceptors (Lipinski definition) is 4. The van der Waals surface area contributed by atoms with E-state index in [2.05, 4.69) is 31.8 Å². The van der Waals surface area contributed by atoms with E-state index in [1.165, 1.54) is 6.21 Å². The van der Waals surface area contributed by atoms with Crippen LogP contribution in [0.4, 0.5) is 5.69 Å². The number of carbonyl (C=O) groups excluding carboxylic acids is 2. The van der Waals surface area contributed by atoms with Gasteiger partial charge in [0.05, 0.1) is 13.3 Å². The van der Waals surface area contributed by atoms with Gasteiger partial charge in [-0.05, 0) is 35.9 Å². The molecular formula is C16H14BrN3O3. The molecule has 0 spiro atoms. The van der Waals surface area contributed by atoms with E-state index in [0.717, 1.165) is 10.0 Å². The van der Waals surface area contributed by atoms with E-state index in [-0.39, 0.29) is 0 Å². The van der Waals surface area contributed by atoms with Crippen LogP contribution in [0.3, 0.4) is 0 Å².